The van der Waals surface area contributed by atoms with Crippen LogP contribution in [0.25, 0.3) is 0 Å². The Morgan fingerprint density at radius 2 is 1.86 bits per heavy atom. The number of halogens is 1. The van der Waals surface area contributed by atoms with Gasteiger partial charge in [-0.3, -0.25) is 4.79 Å². The standard InChI is InChI=1S/C17H18BrNO2/c1-2-13-5-3-4-6-16(13)21-12-11-19-17(20)14-7-9-15(18)10-8-14/h3-10H,2,11-12H2,1H3,(H,19,20). The first kappa shape index (κ1) is 15.6. The maximum Gasteiger partial charge on any atom is 0.251 e. The number of ether oxygens (including phenoxy) is 1. The predicted molar refractivity (Wildman–Crippen MR) is 87.8 cm³/mol. The number of amides is 1. The van der Waals surface area contributed by atoms with Gasteiger partial charge in [0.25, 0.3) is 5.91 Å². The molecule has 0 heterocycles. The average Bonchev–Trinajstić information content (AvgIpc) is 2.52. The topological polar surface area (TPSA) is 38.3 Å². The van der Waals surface area contributed by atoms with Crippen LogP contribution in [0.5, 0.6) is 5.75 Å². The summed E-state index contributed by atoms with van der Waals surface area (Å²) in [4.78, 5) is 11.9. The molecule has 0 fully saturated rings. The molecule has 0 aliphatic carbocycles. The van der Waals surface area contributed by atoms with E-state index in [1.807, 2.05) is 30.3 Å². The van der Waals surface area contributed by atoms with Crippen LogP contribution in [0.3, 0.4) is 0 Å². The molecule has 0 saturated carbocycles. The molecule has 0 aliphatic heterocycles. The highest BCUT2D eigenvalue weighted by Gasteiger charge is 2.05. The highest BCUT2D eigenvalue weighted by atomic mass is 79.9. The number of para-hydroxylation sites is 1. The van der Waals surface area contributed by atoms with Gasteiger partial charge in [0.1, 0.15) is 12.4 Å². The number of hydrogen-bond acceptors (Lipinski definition) is 2. The van der Waals surface area contributed by atoms with Crippen molar-refractivity contribution < 1.29 is 9.53 Å². The first-order valence-electron chi connectivity index (χ1n) is 6.95. The number of nitrogens with one attached hydrogen (secondary N) is 1. The third-order valence-corrected chi connectivity index (χ3v) is 3.63. The van der Waals surface area contributed by atoms with E-state index in [0.717, 1.165) is 16.6 Å². The van der Waals surface area contributed by atoms with Gasteiger partial charge in [-0.05, 0) is 42.3 Å². The van der Waals surface area contributed by atoms with E-state index in [-0.39, 0.29) is 5.91 Å². The molecule has 21 heavy (non-hydrogen) atoms. The second-order valence-electron chi connectivity index (χ2n) is 4.57. The average molecular weight is 348 g/mol. The largest absolute Gasteiger partial charge is 0.491 e. The second-order valence-corrected chi connectivity index (χ2v) is 5.49. The molecular weight excluding hydrogens is 330 g/mol. The Hall–Kier alpha value is -1.81. The number of benzene rings is 2. The first-order valence-corrected chi connectivity index (χ1v) is 7.74. The molecule has 0 radical (unpaired) electrons. The molecule has 1 amide bonds. The highest BCUT2D eigenvalue weighted by molar-refractivity contribution is 9.10. The van der Waals surface area contributed by atoms with Gasteiger partial charge in [-0.15, -0.1) is 0 Å². The van der Waals surface area contributed by atoms with Crippen LogP contribution in [0.4, 0.5) is 0 Å². The molecule has 110 valence electrons. The smallest absolute Gasteiger partial charge is 0.251 e. The van der Waals surface area contributed by atoms with Gasteiger partial charge in [-0.1, -0.05) is 41.1 Å². The minimum Gasteiger partial charge on any atom is -0.491 e. The molecule has 0 atom stereocenters. The van der Waals surface area contributed by atoms with E-state index in [1.54, 1.807) is 12.1 Å². The van der Waals surface area contributed by atoms with Crippen LogP contribution in [0.2, 0.25) is 0 Å². The molecule has 2 aromatic rings. The maximum absolute atomic E-state index is 11.9. The van der Waals surface area contributed by atoms with E-state index in [9.17, 15) is 4.79 Å². The van der Waals surface area contributed by atoms with Gasteiger partial charge in [-0.2, -0.15) is 0 Å². The monoisotopic (exact) mass is 347 g/mol. The summed E-state index contributed by atoms with van der Waals surface area (Å²) < 4.78 is 6.67. The molecule has 0 unspecified atom stereocenters. The summed E-state index contributed by atoms with van der Waals surface area (Å²) >= 11 is 3.35. The van der Waals surface area contributed by atoms with Crippen molar-refractivity contribution in [3.05, 3.63) is 64.1 Å². The zero-order valence-electron chi connectivity index (χ0n) is 11.9. The minimum absolute atomic E-state index is 0.0881. The van der Waals surface area contributed by atoms with Crippen molar-refractivity contribution in [2.24, 2.45) is 0 Å². The predicted octanol–water partition coefficient (Wildman–Crippen LogP) is 3.82. The summed E-state index contributed by atoms with van der Waals surface area (Å²) in [6, 6.07) is 15.2. The van der Waals surface area contributed by atoms with Gasteiger partial charge in [0.2, 0.25) is 0 Å². The van der Waals surface area contributed by atoms with E-state index < -0.39 is 0 Å². The first-order chi connectivity index (χ1) is 10.2. The molecule has 0 bridgehead atoms. The summed E-state index contributed by atoms with van der Waals surface area (Å²) in [5, 5.41) is 2.85. The lowest BCUT2D eigenvalue weighted by Gasteiger charge is -2.11. The molecule has 3 nitrogen and oxygen atoms in total. The van der Waals surface area contributed by atoms with E-state index in [2.05, 4.69) is 34.2 Å². The lowest BCUT2D eigenvalue weighted by atomic mass is 10.1. The lowest BCUT2D eigenvalue weighted by Crippen LogP contribution is -2.28. The SMILES string of the molecule is CCc1ccccc1OCCNC(=O)c1ccc(Br)cc1. The van der Waals surface area contributed by atoms with Gasteiger partial charge in [-0.25, -0.2) is 0 Å². The number of carbonyl (C=O) groups is 1. The van der Waals surface area contributed by atoms with E-state index in [4.69, 9.17) is 4.74 Å². The summed E-state index contributed by atoms with van der Waals surface area (Å²) in [6.07, 6.45) is 0.932. The highest BCUT2D eigenvalue weighted by Crippen LogP contribution is 2.17. The van der Waals surface area contributed by atoms with Crippen LogP contribution in [-0.4, -0.2) is 19.1 Å². The van der Waals surface area contributed by atoms with E-state index >= 15 is 0 Å². The quantitative estimate of drug-likeness (QED) is 0.806. The van der Waals surface area contributed by atoms with Crippen LogP contribution in [0.1, 0.15) is 22.8 Å². The van der Waals surface area contributed by atoms with Crippen molar-refractivity contribution in [1.29, 1.82) is 0 Å². The van der Waals surface area contributed by atoms with Crippen LogP contribution < -0.4 is 10.1 Å². The van der Waals surface area contributed by atoms with Crippen LogP contribution in [0, 0.1) is 0 Å². The molecular formula is C17H18BrNO2. The molecule has 2 aromatic carbocycles. The van der Waals surface area contributed by atoms with E-state index in [1.165, 1.54) is 5.56 Å². The maximum atomic E-state index is 11.9. The van der Waals surface area contributed by atoms with Crippen molar-refractivity contribution in [3.63, 3.8) is 0 Å². The van der Waals surface area contributed by atoms with Crippen LogP contribution >= 0.6 is 15.9 Å². The van der Waals surface area contributed by atoms with Crippen LogP contribution in [0.15, 0.2) is 53.0 Å². The van der Waals surface area contributed by atoms with Crippen molar-refractivity contribution in [2.75, 3.05) is 13.2 Å². The molecule has 0 aromatic heterocycles. The summed E-state index contributed by atoms with van der Waals surface area (Å²) in [6.45, 7) is 3.03. The van der Waals surface area contributed by atoms with Gasteiger partial charge in [0.05, 0.1) is 6.54 Å². The Morgan fingerprint density at radius 3 is 2.57 bits per heavy atom. The zero-order valence-corrected chi connectivity index (χ0v) is 13.5. The summed E-state index contributed by atoms with van der Waals surface area (Å²) in [7, 11) is 0. The summed E-state index contributed by atoms with van der Waals surface area (Å²) in [5.74, 6) is 0.799. The number of carbonyl (C=O) groups excluding carboxylic acids is 1. The Balaban J connectivity index is 1.79. The van der Waals surface area contributed by atoms with Crippen molar-refractivity contribution in [3.8, 4) is 5.75 Å². The van der Waals surface area contributed by atoms with Crippen molar-refractivity contribution in [2.45, 2.75) is 13.3 Å². The minimum atomic E-state index is -0.0881. The fourth-order valence-corrected chi connectivity index (χ4v) is 2.23. The number of hydrogen-bond donors (Lipinski definition) is 1. The summed E-state index contributed by atoms with van der Waals surface area (Å²) in [5.41, 5.74) is 1.82. The normalized spacial score (nSPS) is 10.2. The Labute approximate surface area is 133 Å². The molecule has 1 N–H and O–H groups in total. The van der Waals surface area contributed by atoms with Crippen molar-refractivity contribution in [1.82, 2.24) is 5.32 Å². The van der Waals surface area contributed by atoms with Gasteiger partial charge < -0.3 is 10.1 Å². The third-order valence-electron chi connectivity index (χ3n) is 3.11. The van der Waals surface area contributed by atoms with E-state index in [0.29, 0.717) is 18.7 Å². The third kappa shape index (κ3) is 4.60. The van der Waals surface area contributed by atoms with Crippen molar-refractivity contribution >= 4 is 21.8 Å². The molecule has 0 aliphatic rings. The molecule has 0 spiro atoms. The zero-order chi connectivity index (χ0) is 15.1. The molecule has 0 saturated heterocycles. The fourth-order valence-electron chi connectivity index (χ4n) is 1.97. The Bertz CT molecular complexity index is 596. The molecule has 4 heteroatoms. The van der Waals surface area contributed by atoms with Gasteiger partial charge in [0, 0.05) is 10.0 Å². The van der Waals surface area contributed by atoms with Crippen LogP contribution in [-0.2, 0) is 6.42 Å². The Kier molecular flexibility index (Phi) is 5.81. The van der Waals surface area contributed by atoms with Gasteiger partial charge >= 0.3 is 0 Å². The fraction of sp³-hybridized carbons (Fsp3) is 0.235. The number of rotatable bonds is 6. The lowest BCUT2D eigenvalue weighted by molar-refractivity contribution is 0.0947. The molecule has 2 rings (SSSR count). The number of aryl methyl sites for hydroxylation is 1. The second kappa shape index (κ2) is 7.84. The Morgan fingerprint density at radius 1 is 1.14 bits per heavy atom. The van der Waals surface area contributed by atoms with Gasteiger partial charge in [0.15, 0.2) is 0 Å².